The van der Waals surface area contributed by atoms with Gasteiger partial charge in [0.2, 0.25) is 5.91 Å². The minimum atomic E-state index is -0.558. The van der Waals surface area contributed by atoms with E-state index in [1.165, 1.54) is 16.4 Å². The smallest absolute Gasteiger partial charge is 0.295 e. The monoisotopic (exact) mass is 511 g/mol. The minimum absolute atomic E-state index is 0.254. The highest BCUT2D eigenvalue weighted by Gasteiger charge is 2.25. The Bertz CT molecular complexity index is 1590. The fourth-order valence-electron chi connectivity index (χ4n) is 3.99. The molecule has 0 radical (unpaired) electrons. The molecule has 37 heavy (non-hydrogen) atoms. The number of rotatable bonds is 7. The van der Waals surface area contributed by atoms with Crippen LogP contribution >= 0.6 is 11.8 Å². The molecule has 5 aromatic rings. The van der Waals surface area contributed by atoms with Crippen molar-refractivity contribution >= 4 is 23.4 Å². The Kier molecular flexibility index (Phi) is 6.74. The highest BCUT2D eigenvalue weighted by atomic mass is 32.2. The van der Waals surface area contributed by atoms with Crippen molar-refractivity contribution in [1.29, 1.82) is 0 Å². The average Bonchev–Trinajstić information content (AvgIpc) is 3.44. The van der Waals surface area contributed by atoms with E-state index in [0.717, 1.165) is 16.9 Å². The highest BCUT2D eigenvalue weighted by molar-refractivity contribution is 8.00. The molecular weight excluding hydrogens is 486 g/mol. The number of benzene rings is 2. The van der Waals surface area contributed by atoms with Crippen LogP contribution in [0.3, 0.4) is 0 Å². The Balaban J connectivity index is 1.43. The highest BCUT2D eigenvalue weighted by Crippen LogP contribution is 2.30. The van der Waals surface area contributed by atoms with Crippen LogP contribution in [0.15, 0.2) is 95.1 Å². The van der Waals surface area contributed by atoms with E-state index in [2.05, 4.69) is 20.5 Å². The van der Waals surface area contributed by atoms with Gasteiger partial charge in [0.15, 0.2) is 11.0 Å². The van der Waals surface area contributed by atoms with Gasteiger partial charge in [0, 0.05) is 30.7 Å². The molecule has 0 saturated carbocycles. The molecule has 1 unspecified atom stereocenters. The molecule has 0 aliphatic rings. The lowest BCUT2D eigenvalue weighted by molar-refractivity contribution is -0.115. The molecule has 1 N–H and O–H groups in total. The van der Waals surface area contributed by atoms with Crippen molar-refractivity contribution in [1.82, 2.24) is 29.1 Å². The molecule has 5 rings (SSSR count). The maximum Gasteiger partial charge on any atom is 0.295 e. The van der Waals surface area contributed by atoms with Gasteiger partial charge in [-0.2, -0.15) is 0 Å². The summed E-state index contributed by atoms with van der Waals surface area (Å²) in [7, 11) is 1.79. The van der Waals surface area contributed by atoms with Crippen LogP contribution < -0.4 is 10.9 Å². The van der Waals surface area contributed by atoms with E-state index in [1.54, 1.807) is 38.0 Å². The lowest BCUT2D eigenvalue weighted by atomic mass is 10.2. The first-order valence-electron chi connectivity index (χ1n) is 11.7. The second-order valence-electron chi connectivity index (χ2n) is 8.40. The van der Waals surface area contributed by atoms with Gasteiger partial charge in [0.05, 0.1) is 16.6 Å². The van der Waals surface area contributed by atoms with E-state index < -0.39 is 5.25 Å². The van der Waals surface area contributed by atoms with Gasteiger partial charge < -0.3 is 5.32 Å². The van der Waals surface area contributed by atoms with Crippen LogP contribution in [0.1, 0.15) is 12.6 Å². The third-order valence-electron chi connectivity index (χ3n) is 6.02. The molecule has 10 heteroatoms. The number of pyridine rings is 1. The van der Waals surface area contributed by atoms with Crippen LogP contribution in [-0.4, -0.2) is 40.3 Å². The summed E-state index contributed by atoms with van der Waals surface area (Å²) in [5.41, 5.74) is 3.02. The number of anilines is 1. The molecule has 0 aliphatic carbocycles. The summed E-state index contributed by atoms with van der Waals surface area (Å²) in [6, 6.07) is 22.8. The Morgan fingerprint density at radius 3 is 2.27 bits per heavy atom. The molecule has 3 heterocycles. The summed E-state index contributed by atoms with van der Waals surface area (Å²) in [6.45, 7) is 3.59. The molecule has 1 amide bonds. The van der Waals surface area contributed by atoms with E-state index in [9.17, 15) is 9.59 Å². The van der Waals surface area contributed by atoms with Crippen molar-refractivity contribution in [2.45, 2.75) is 24.3 Å². The minimum Gasteiger partial charge on any atom is -0.319 e. The summed E-state index contributed by atoms with van der Waals surface area (Å²) < 4.78 is 5.17. The molecule has 1 atom stereocenters. The molecule has 0 spiro atoms. The van der Waals surface area contributed by atoms with Crippen molar-refractivity contribution in [3.05, 3.63) is 101 Å². The zero-order chi connectivity index (χ0) is 25.9. The molecule has 0 aliphatic heterocycles. The van der Waals surface area contributed by atoms with Crippen LogP contribution in [0.5, 0.6) is 0 Å². The molecule has 0 bridgehead atoms. The largest absolute Gasteiger partial charge is 0.319 e. The summed E-state index contributed by atoms with van der Waals surface area (Å²) in [5.74, 6) is 0.320. The SMILES string of the molecule is Cc1c(NC(=O)C(C)Sc2nnc(-c3cccnc3)n2-c2ccccc2)c(=O)n(-c2ccccc2)n1C. The molecule has 0 saturated heterocycles. The molecule has 2 aromatic carbocycles. The number of amides is 1. The van der Waals surface area contributed by atoms with E-state index in [1.807, 2.05) is 77.4 Å². The van der Waals surface area contributed by atoms with Crippen LogP contribution in [0.25, 0.3) is 22.8 Å². The Labute approximate surface area is 217 Å². The van der Waals surface area contributed by atoms with E-state index in [4.69, 9.17) is 0 Å². The number of para-hydroxylation sites is 2. The fraction of sp³-hybridized carbons (Fsp3) is 0.148. The normalized spacial score (nSPS) is 11.9. The van der Waals surface area contributed by atoms with Crippen molar-refractivity contribution in [3.63, 3.8) is 0 Å². The number of carbonyl (C=O) groups excluding carboxylic acids is 1. The first kappa shape index (κ1) is 24.3. The molecule has 9 nitrogen and oxygen atoms in total. The third kappa shape index (κ3) is 4.70. The van der Waals surface area contributed by atoms with Crippen LogP contribution in [0, 0.1) is 6.92 Å². The van der Waals surface area contributed by atoms with Gasteiger partial charge in [0.1, 0.15) is 5.69 Å². The second kappa shape index (κ2) is 10.3. The first-order valence-corrected chi connectivity index (χ1v) is 12.6. The molecular formula is C27H25N7O2S. The number of carbonyl (C=O) groups is 1. The standard InChI is InChI=1S/C27H25N7O2S/c1-18-23(26(36)34(32(18)3)22-14-8-5-9-15-22)29-25(35)19(2)37-27-31-30-24(20-11-10-16-28-17-20)33(27)21-12-6-4-7-13-21/h4-17,19H,1-3H3,(H,29,35). The molecule has 3 aromatic heterocycles. The summed E-state index contributed by atoms with van der Waals surface area (Å²) in [5, 5.41) is 11.6. The zero-order valence-corrected chi connectivity index (χ0v) is 21.4. The van der Waals surface area contributed by atoms with Crippen molar-refractivity contribution in [2.75, 3.05) is 5.32 Å². The van der Waals surface area contributed by atoms with Crippen LogP contribution in [0.2, 0.25) is 0 Å². The second-order valence-corrected chi connectivity index (χ2v) is 9.71. The third-order valence-corrected chi connectivity index (χ3v) is 7.06. The predicted octanol–water partition coefficient (Wildman–Crippen LogP) is 4.25. The van der Waals surface area contributed by atoms with Gasteiger partial charge in [0.25, 0.3) is 5.56 Å². The summed E-state index contributed by atoms with van der Waals surface area (Å²) >= 11 is 1.27. The predicted molar refractivity (Wildman–Crippen MR) is 144 cm³/mol. The van der Waals surface area contributed by atoms with Gasteiger partial charge in [-0.1, -0.05) is 48.2 Å². The lowest BCUT2D eigenvalue weighted by Gasteiger charge is -2.13. The van der Waals surface area contributed by atoms with Gasteiger partial charge in [-0.15, -0.1) is 10.2 Å². The number of aromatic nitrogens is 6. The number of nitrogens with one attached hydrogen (secondary N) is 1. The van der Waals surface area contributed by atoms with Gasteiger partial charge in [-0.3, -0.25) is 23.8 Å². The maximum absolute atomic E-state index is 13.2. The summed E-state index contributed by atoms with van der Waals surface area (Å²) in [4.78, 5) is 30.7. The number of thioether (sulfide) groups is 1. The quantitative estimate of drug-likeness (QED) is 0.328. The van der Waals surface area contributed by atoms with Gasteiger partial charge in [-0.05, 0) is 50.2 Å². The van der Waals surface area contributed by atoms with Gasteiger partial charge in [-0.25, -0.2) is 4.68 Å². The van der Waals surface area contributed by atoms with Crippen molar-refractivity contribution in [2.24, 2.45) is 7.05 Å². The topological polar surface area (TPSA) is 99.6 Å². The average molecular weight is 512 g/mol. The number of nitrogens with zero attached hydrogens (tertiary/aromatic N) is 6. The molecule has 0 fully saturated rings. The number of hydrogen-bond donors (Lipinski definition) is 1. The van der Waals surface area contributed by atoms with E-state index in [-0.39, 0.29) is 17.2 Å². The van der Waals surface area contributed by atoms with Gasteiger partial charge >= 0.3 is 0 Å². The fourth-order valence-corrected chi connectivity index (χ4v) is 4.85. The van der Waals surface area contributed by atoms with Crippen molar-refractivity contribution in [3.8, 4) is 22.8 Å². The van der Waals surface area contributed by atoms with E-state index >= 15 is 0 Å². The first-order chi connectivity index (χ1) is 18.0. The molecule has 186 valence electrons. The Morgan fingerprint density at radius 1 is 0.946 bits per heavy atom. The maximum atomic E-state index is 13.2. The Morgan fingerprint density at radius 2 is 1.62 bits per heavy atom. The zero-order valence-electron chi connectivity index (χ0n) is 20.6. The van der Waals surface area contributed by atoms with Crippen LogP contribution in [-0.2, 0) is 11.8 Å². The summed E-state index contributed by atoms with van der Waals surface area (Å²) in [6.07, 6.45) is 3.43. The Hall–Kier alpha value is -4.44. The van der Waals surface area contributed by atoms with Crippen LogP contribution in [0.4, 0.5) is 5.69 Å². The van der Waals surface area contributed by atoms with Crippen molar-refractivity contribution < 1.29 is 4.79 Å². The lowest BCUT2D eigenvalue weighted by Crippen LogP contribution is -2.27. The van der Waals surface area contributed by atoms with E-state index in [0.29, 0.717) is 16.7 Å². The number of hydrogen-bond acceptors (Lipinski definition) is 6.